The summed E-state index contributed by atoms with van der Waals surface area (Å²) >= 11 is 0. The maximum atomic E-state index is 13.7. The lowest BCUT2D eigenvalue weighted by atomic mass is 9.81. The molecule has 2 unspecified atom stereocenters. The topological polar surface area (TPSA) is 66.5 Å². The number of fused-ring (bicyclic) bond motifs is 1. The molecule has 1 heterocycles. The van der Waals surface area contributed by atoms with Gasteiger partial charge in [-0.3, -0.25) is 19.3 Å². The average molecular weight is 332 g/mol. The van der Waals surface area contributed by atoms with Crippen molar-refractivity contribution in [1.82, 2.24) is 4.90 Å². The summed E-state index contributed by atoms with van der Waals surface area (Å²) in [6.45, 7) is 1.86. The van der Waals surface area contributed by atoms with Crippen molar-refractivity contribution in [2.45, 2.75) is 39.0 Å². The molecule has 1 saturated heterocycles. The highest BCUT2D eigenvalue weighted by Crippen LogP contribution is 2.37. The van der Waals surface area contributed by atoms with E-state index in [-0.39, 0.29) is 42.3 Å². The van der Waals surface area contributed by atoms with E-state index >= 15 is 0 Å². The third-order valence-corrected chi connectivity index (χ3v) is 4.89. The van der Waals surface area contributed by atoms with Gasteiger partial charge in [-0.25, -0.2) is 4.39 Å². The number of benzene rings is 1. The molecule has 24 heavy (non-hydrogen) atoms. The molecule has 1 aromatic rings. The van der Waals surface area contributed by atoms with Crippen LogP contribution < -0.4 is 5.32 Å². The van der Waals surface area contributed by atoms with Gasteiger partial charge in [0.05, 0.1) is 17.5 Å². The molecule has 2 fully saturated rings. The van der Waals surface area contributed by atoms with Gasteiger partial charge in [0.1, 0.15) is 5.82 Å². The largest absolute Gasteiger partial charge is 0.324 e. The van der Waals surface area contributed by atoms with Crippen molar-refractivity contribution >= 4 is 23.4 Å². The van der Waals surface area contributed by atoms with Gasteiger partial charge in [0.2, 0.25) is 17.7 Å². The monoisotopic (exact) mass is 332 g/mol. The number of carbonyl (C=O) groups is 3. The van der Waals surface area contributed by atoms with E-state index in [9.17, 15) is 18.8 Å². The van der Waals surface area contributed by atoms with E-state index < -0.39 is 11.7 Å². The number of nitrogens with zero attached hydrogens (tertiary/aromatic N) is 1. The van der Waals surface area contributed by atoms with Crippen LogP contribution in [0.4, 0.5) is 10.1 Å². The second kappa shape index (κ2) is 6.71. The highest BCUT2D eigenvalue weighted by Gasteiger charge is 2.47. The third-order valence-electron chi connectivity index (χ3n) is 4.89. The molecule has 3 rings (SSSR count). The molecule has 128 valence electrons. The van der Waals surface area contributed by atoms with Crippen LogP contribution >= 0.6 is 0 Å². The number of carbonyl (C=O) groups excluding carboxylic acids is 3. The second-order valence-electron chi connectivity index (χ2n) is 6.61. The molecule has 1 saturated carbocycles. The summed E-state index contributed by atoms with van der Waals surface area (Å²) in [6, 6.07) is 4.46. The van der Waals surface area contributed by atoms with E-state index in [4.69, 9.17) is 0 Å². The summed E-state index contributed by atoms with van der Waals surface area (Å²) in [7, 11) is 0. The van der Waals surface area contributed by atoms with Crippen molar-refractivity contribution in [2.24, 2.45) is 11.8 Å². The van der Waals surface area contributed by atoms with Crippen LogP contribution in [-0.4, -0.2) is 29.2 Å². The molecule has 1 N–H and O–H groups in total. The van der Waals surface area contributed by atoms with Gasteiger partial charge >= 0.3 is 0 Å². The fourth-order valence-electron chi connectivity index (χ4n) is 3.61. The highest BCUT2D eigenvalue weighted by atomic mass is 19.1. The van der Waals surface area contributed by atoms with Crippen LogP contribution in [0.5, 0.6) is 0 Å². The number of rotatable bonds is 4. The van der Waals surface area contributed by atoms with Gasteiger partial charge in [-0.15, -0.1) is 0 Å². The van der Waals surface area contributed by atoms with Crippen molar-refractivity contribution in [3.8, 4) is 0 Å². The van der Waals surface area contributed by atoms with Gasteiger partial charge in [-0.2, -0.15) is 0 Å². The van der Waals surface area contributed by atoms with Crippen LogP contribution in [0.2, 0.25) is 0 Å². The van der Waals surface area contributed by atoms with Crippen molar-refractivity contribution in [1.29, 1.82) is 0 Å². The number of likely N-dealkylation sites (tertiary alicyclic amines) is 1. The molecule has 0 radical (unpaired) electrons. The minimum absolute atomic E-state index is 0.0235. The summed E-state index contributed by atoms with van der Waals surface area (Å²) in [4.78, 5) is 37.9. The van der Waals surface area contributed by atoms with Gasteiger partial charge in [0, 0.05) is 13.0 Å². The van der Waals surface area contributed by atoms with E-state index in [1.807, 2.05) is 0 Å². The lowest BCUT2D eigenvalue weighted by molar-refractivity contribution is -0.140. The van der Waals surface area contributed by atoms with Crippen LogP contribution in [0, 0.1) is 24.6 Å². The first-order valence-corrected chi connectivity index (χ1v) is 8.38. The first-order valence-electron chi connectivity index (χ1n) is 8.38. The van der Waals surface area contributed by atoms with Crippen LogP contribution in [0.25, 0.3) is 0 Å². The summed E-state index contributed by atoms with van der Waals surface area (Å²) in [5, 5.41) is 2.50. The zero-order valence-electron chi connectivity index (χ0n) is 13.7. The summed E-state index contributed by atoms with van der Waals surface area (Å²) in [6.07, 6.45) is 3.44. The zero-order valence-corrected chi connectivity index (χ0v) is 13.7. The van der Waals surface area contributed by atoms with Crippen molar-refractivity contribution in [3.05, 3.63) is 29.6 Å². The van der Waals surface area contributed by atoms with Gasteiger partial charge in [-0.05, 0) is 37.5 Å². The normalized spacial score (nSPS) is 23.3. The van der Waals surface area contributed by atoms with Gasteiger partial charge < -0.3 is 5.32 Å². The number of amides is 3. The number of aryl methyl sites for hydroxylation is 1. The molecule has 1 aromatic carbocycles. The predicted molar refractivity (Wildman–Crippen MR) is 86.6 cm³/mol. The van der Waals surface area contributed by atoms with E-state index in [2.05, 4.69) is 5.32 Å². The van der Waals surface area contributed by atoms with Crippen molar-refractivity contribution < 1.29 is 18.8 Å². The molecule has 0 aromatic heterocycles. The van der Waals surface area contributed by atoms with Crippen LogP contribution in [0.3, 0.4) is 0 Å². The van der Waals surface area contributed by atoms with Crippen molar-refractivity contribution in [3.63, 3.8) is 0 Å². The molecular weight excluding hydrogens is 311 g/mol. The molecule has 5 nitrogen and oxygen atoms in total. The van der Waals surface area contributed by atoms with Crippen LogP contribution in [-0.2, 0) is 14.4 Å². The van der Waals surface area contributed by atoms with E-state index in [0.29, 0.717) is 0 Å². The lowest BCUT2D eigenvalue weighted by Crippen LogP contribution is -2.34. The SMILES string of the molecule is Cc1ccc(F)c(NC(=O)CCN2C(=O)C3CCCCC3C2=O)c1. The van der Waals surface area contributed by atoms with Gasteiger partial charge in [0.25, 0.3) is 0 Å². The predicted octanol–water partition coefficient (Wildman–Crippen LogP) is 2.64. The summed E-state index contributed by atoms with van der Waals surface area (Å²) in [5.74, 6) is -1.63. The molecule has 2 atom stereocenters. The van der Waals surface area contributed by atoms with Crippen LogP contribution in [0.15, 0.2) is 18.2 Å². The molecule has 3 amide bonds. The Kier molecular flexibility index (Phi) is 4.64. The van der Waals surface area contributed by atoms with E-state index in [1.165, 1.54) is 11.0 Å². The number of nitrogens with one attached hydrogen (secondary N) is 1. The first-order chi connectivity index (χ1) is 11.5. The Morgan fingerprint density at radius 3 is 2.46 bits per heavy atom. The second-order valence-corrected chi connectivity index (χ2v) is 6.61. The first kappa shape index (κ1) is 16.6. The maximum absolute atomic E-state index is 13.7. The molecular formula is C18H21FN2O3. The molecule has 6 heteroatoms. The molecule has 1 aliphatic heterocycles. The van der Waals surface area contributed by atoms with Gasteiger partial charge in [-0.1, -0.05) is 18.9 Å². The maximum Gasteiger partial charge on any atom is 0.233 e. The minimum Gasteiger partial charge on any atom is -0.324 e. The minimum atomic E-state index is -0.506. The molecule has 0 spiro atoms. The quantitative estimate of drug-likeness (QED) is 0.862. The molecule has 0 bridgehead atoms. The Morgan fingerprint density at radius 1 is 1.21 bits per heavy atom. The third kappa shape index (κ3) is 3.18. The highest BCUT2D eigenvalue weighted by molar-refractivity contribution is 6.05. The summed E-state index contributed by atoms with van der Waals surface area (Å²) < 4.78 is 13.7. The average Bonchev–Trinajstić information content (AvgIpc) is 2.81. The lowest BCUT2D eigenvalue weighted by Gasteiger charge is -2.19. The molecule has 1 aliphatic carbocycles. The number of halogens is 1. The number of hydrogen-bond acceptors (Lipinski definition) is 3. The molecule has 2 aliphatic rings. The number of imide groups is 1. The zero-order chi connectivity index (χ0) is 17.3. The van der Waals surface area contributed by atoms with E-state index in [1.54, 1.807) is 19.1 Å². The van der Waals surface area contributed by atoms with Crippen LogP contribution in [0.1, 0.15) is 37.7 Å². The Bertz CT molecular complexity index is 665. The fraction of sp³-hybridized carbons (Fsp3) is 0.500. The van der Waals surface area contributed by atoms with Crippen molar-refractivity contribution in [2.75, 3.05) is 11.9 Å². The van der Waals surface area contributed by atoms with Gasteiger partial charge in [0.15, 0.2) is 0 Å². The number of hydrogen-bond donors (Lipinski definition) is 1. The number of anilines is 1. The Labute approximate surface area is 140 Å². The Hall–Kier alpha value is -2.24. The Morgan fingerprint density at radius 2 is 1.83 bits per heavy atom. The Balaban J connectivity index is 1.59. The fourth-order valence-corrected chi connectivity index (χ4v) is 3.61. The summed E-state index contributed by atoms with van der Waals surface area (Å²) in [5.41, 5.74) is 0.952. The standard InChI is InChI=1S/C18H21FN2O3/c1-11-6-7-14(19)15(10-11)20-16(22)8-9-21-17(23)12-4-2-3-5-13(12)18(21)24/h6-7,10,12-13H,2-5,8-9H2,1H3,(H,20,22). The van der Waals surface area contributed by atoms with E-state index in [0.717, 1.165) is 31.2 Å². The smallest absolute Gasteiger partial charge is 0.233 e.